The summed E-state index contributed by atoms with van der Waals surface area (Å²) in [5.74, 6) is 0. The van der Waals surface area contributed by atoms with E-state index in [1.165, 1.54) is 33.5 Å². The van der Waals surface area contributed by atoms with Crippen molar-refractivity contribution in [1.29, 1.82) is 0 Å². The summed E-state index contributed by atoms with van der Waals surface area (Å²) >= 11 is 0.569. The van der Waals surface area contributed by atoms with Gasteiger partial charge in [0, 0.05) is 0 Å². The molecule has 0 aromatic heterocycles. The van der Waals surface area contributed by atoms with Crippen LogP contribution in [0.2, 0.25) is 0 Å². The third-order valence-corrected chi connectivity index (χ3v) is 10.2. The Morgan fingerprint density at radius 2 is 0.657 bits per heavy atom. The maximum absolute atomic E-state index is 4.70. The van der Waals surface area contributed by atoms with Crippen LogP contribution in [0.25, 0.3) is 0 Å². The molecule has 0 aliphatic rings. The van der Waals surface area contributed by atoms with Gasteiger partial charge in [0.25, 0.3) is 0 Å². The van der Waals surface area contributed by atoms with Crippen molar-refractivity contribution in [1.82, 2.24) is 0 Å². The van der Waals surface area contributed by atoms with E-state index in [0.717, 1.165) is 12.8 Å². The molecule has 0 heterocycles. The molecule has 0 bridgehead atoms. The first-order chi connectivity index (χ1) is 17.2. The van der Waals surface area contributed by atoms with Gasteiger partial charge in [0.2, 0.25) is 0 Å². The second kappa shape index (κ2) is 19.0. The topological polar surface area (TPSA) is 0 Å². The summed E-state index contributed by atoms with van der Waals surface area (Å²) in [5, 5.41) is 5.81. The molecule has 0 amide bonds. The molecule has 4 rings (SSSR count). The molecular weight excluding hydrogens is 552 g/mol. The Kier molecular flexibility index (Phi) is 16.3. The number of hydrogen-bond acceptors (Lipinski definition) is 0. The molecule has 0 radical (unpaired) electrons. The molecule has 0 saturated heterocycles. The van der Waals surface area contributed by atoms with Gasteiger partial charge in [0.1, 0.15) is 0 Å². The van der Waals surface area contributed by atoms with Crippen LogP contribution < -0.4 is 21.2 Å². The quantitative estimate of drug-likeness (QED) is 0.112. The molecule has 5 heteroatoms. The molecule has 0 saturated carbocycles. The molecule has 0 aliphatic heterocycles. The molecule has 4 aromatic carbocycles. The van der Waals surface area contributed by atoms with Gasteiger partial charge in [-0.2, -0.15) is 12.8 Å². The van der Waals surface area contributed by atoms with Gasteiger partial charge in [-0.3, -0.25) is 0 Å². The normalized spacial score (nSPS) is 10.3. The minimum atomic E-state index is -0.213. The average molecular weight is 584 g/mol. The monoisotopic (exact) mass is 582 g/mol. The van der Waals surface area contributed by atoms with E-state index in [1.807, 2.05) is 0 Å². The first kappa shape index (κ1) is 30.0. The van der Waals surface area contributed by atoms with Crippen LogP contribution in [0.3, 0.4) is 0 Å². The van der Waals surface area contributed by atoms with Crippen molar-refractivity contribution in [3.8, 4) is 0 Å². The van der Waals surface area contributed by atoms with E-state index in [-0.39, 0.29) is 15.8 Å². The van der Waals surface area contributed by atoms with Gasteiger partial charge in [0.05, 0.1) is 0 Å². The van der Waals surface area contributed by atoms with Crippen LogP contribution in [0.5, 0.6) is 0 Å². The molecular formula is C30H32Cl2NiP2. The van der Waals surface area contributed by atoms with Crippen LogP contribution in [-0.4, -0.2) is 12.3 Å². The van der Waals surface area contributed by atoms with Crippen LogP contribution >= 0.6 is 36.2 Å². The second-order valence-corrected chi connectivity index (χ2v) is 13.7. The Labute approximate surface area is 229 Å². The SMILES string of the molecule is [CH2-]CCP(c1ccccc1)c1ccccc1.[CH2-]CCP(c1ccccc1)c1ccccc1.[Cl][Ni+2][Cl]. The molecule has 35 heavy (non-hydrogen) atoms. The first-order valence-corrected chi connectivity index (χ1v) is 17.2. The van der Waals surface area contributed by atoms with Gasteiger partial charge >= 0.3 is 33.0 Å². The Balaban J connectivity index is 0.000000222. The molecule has 0 spiro atoms. The molecule has 0 unspecified atom stereocenters. The van der Waals surface area contributed by atoms with E-state index in [1.54, 1.807) is 0 Å². The van der Waals surface area contributed by atoms with Crippen LogP contribution in [0.4, 0.5) is 0 Å². The second-order valence-electron chi connectivity index (χ2n) is 7.40. The zero-order chi connectivity index (χ0) is 25.1. The number of hydrogen-bond donors (Lipinski definition) is 0. The van der Waals surface area contributed by atoms with Gasteiger partial charge < -0.3 is 13.8 Å². The molecule has 0 aliphatic carbocycles. The summed E-state index contributed by atoms with van der Waals surface area (Å²) in [6.07, 6.45) is 4.33. The Morgan fingerprint density at radius 1 is 0.457 bits per heavy atom. The van der Waals surface area contributed by atoms with Crippen molar-refractivity contribution in [2.45, 2.75) is 12.8 Å². The maximum atomic E-state index is 4.70. The summed E-state index contributed by atoms with van der Waals surface area (Å²) in [6.45, 7) is 7.99. The van der Waals surface area contributed by atoms with Crippen LogP contribution in [0.15, 0.2) is 121 Å². The summed E-state index contributed by atoms with van der Waals surface area (Å²) in [6, 6.07) is 43.1. The third kappa shape index (κ3) is 11.2. The molecule has 4 aromatic rings. The number of rotatable bonds is 8. The van der Waals surface area contributed by atoms with E-state index >= 15 is 0 Å². The molecule has 0 nitrogen and oxygen atoms in total. The molecule has 0 atom stereocenters. The van der Waals surface area contributed by atoms with Crippen LogP contribution in [0, 0.1) is 13.8 Å². The van der Waals surface area contributed by atoms with E-state index < -0.39 is 0 Å². The zero-order valence-electron chi connectivity index (χ0n) is 19.8. The van der Waals surface area contributed by atoms with Crippen LogP contribution in [-0.2, 0) is 12.7 Å². The molecule has 186 valence electrons. The molecule has 0 N–H and O–H groups in total. The Morgan fingerprint density at radius 3 is 0.829 bits per heavy atom. The first-order valence-electron chi connectivity index (χ1n) is 11.4. The van der Waals surface area contributed by atoms with Gasteiger partial charge in [-0.15, -0.1) is 0 Å². The Bertz CT molecular complexity index is 855. The van der Waals surface area contributed by atoms with Gasteiger partial charge in [0.15, 0.2) is 0 Å². The summed E-state index contributed by atoms with van der Waals surface area (Å²) in [7, 11) is 8.98. The fraction of sp³-hybridized carbons (Fsp3) is 0.133. The van der Waals surface area contributed by atoms with Crippen molar-refractivity contribution in [2.24, 2.45) is 0 Å². The fourth-order valence-corrected chi connectivity index (χ4v) is 7.95. The van der Waals surface area contributed by atoms with Crippen LogP contribution in [0.1, 0.15) is 12.8 Å². The predicted octanol–water partition coefficient (Wildman–Crippen LogP) is 8.06. The van der Waals surface area contributed by atoms with Crippen molar-refractivity contribution in [3.63, 3.8) is 0 Å². The standard InChI is InChI=1S/2C15H16P.2ClH.Ni/c2*1-2-13-16(14-9-5-3-6-10-14)15-11-7-4-8-12-15;;;/h2*3-12H,1-2,13H2;2*1H;/q2*-1;;;+4/p-2. The van der Waals surface area contributed by atoms with E-state index in [9.17, 15) is 0 Å². The van der Waals surface area contributed by atoms with Gasteiger partial charge in [-0.05, 0) is 37.1 Å². The molecule has 0 fully saturated rings. The number of benzene rings is 4. The average Bonchev–Trinajstić information content (AvgIpc) is 2.93. The van der Waals surface area contributed by atoms with E-state index in [4.69, 9.17) is 20.4 Å². The summed E-state index contributed by atoms with van der Waals surface area (Å²) in [4.78, 5) is 0. The van der Waals surface area contributed by atoms with E-state index in [0.29, 0.717) is 12.7 Å². The van der Waals surface area contributed by atoms with Crippen molar-refractivity contribution >= 4 is 57.4 Å². The minimum absolute atomic E-state index is 0.213. The van der Waals surface area contributed by atoms with E-state index in [2.05, 4.69) is 135 Å². The predicted molar refractivity (Wildman–Crippen MR) is 160 cm³/mol. The summed E-state index contributed by atoms with van der Waals surface area (Å²) < 4.78 is 0. The van der Waals surface area contributed by atoms with Crippen molar-refractivity contribution in [3.05, 3.63) is 135 Å². The van der Waals surface area contributed by atoms with Crippen molar-refractivity contribution in [2.75, 3.05) is 12.3 Å². The zero-order valence-corrected chi connectivity index (χ0v) is 24.0. The van der Waals surface area contributed by atoms with Gasteiger partial charge in [-0.25, -0.2) is 0 Å². The summed E-state index contributed by atoms with van der Waals surface area (Å²) in [5.41, 5.74) is 0. The van der Waals surface area contributed by atoms with Gasteiger partial charge in [-0.1, -0.05) is 134 Å². The fourth-order valence-electron chi connectivity index (χ4n) is 3.56. The Hall–Kier alpha value is -1.19. The number of halogens is 2. The third-order valence-electron chi connectivity index (χ3n) is 5.03. The van der Waals surface area contributed by atoms with Crippen molar-refractivity contribution < 1.29 is 12.7 Å².